The fraction of sp³-hybridized carbons (Fsp3) is 0.625. The van der Waals surface area contributed by atoms with E-state index in [0.717, 1.165) is 35.7 Å². The molecule has 0 aromatic carbocycles. The number of imidazole rings is 1. The van der Waals surface area contributed by atoms with Crippen molar-refractivity contribution >= 4 is 34.4 Å². The largest absolute Gasteiger partial charge is 0.310 e. The van der Waals surface area contributed by atoms with Gasteiger partial charge in [-0.15, -0.1) is 11.6 Å². The molecule has 3 nitrogen and oxygen atoms in total. The molecule has 2 rings (SSSR count). The number of halogens is 2. The molecule has 1 atom stereocenters. The number of fused-ring (bicyclic) bond motifs is 1. The summed E-state index contributed by atoms with van der Waals surface area (Å²) >= 11 is 11.9. The molecule has 0 aliphatic rings. The van der Waals surface area contributed by atoms with Crippen LogP contribution in [-0.4, -0.2) is 20.4 Å². The van der Waals surface area contributed by atoms with Gasteiger partial charge in [0.05, 0.1) is 5.02 Å². The van der Waals surface area contributed by atoms with Crippen LogP contribution in [0.3, 0.4) is 0 Å². The summed E-state index contributed by atoms with van der Waals surface area (Å²) in [5.74, 6) is 2.32. The van der Waals surface area contributed by atoms with Crippen LogP contribution in [0.4, 0.5) is 0 Å². The molecule has 0 aliphatic heterocycles. The molecule has 2 aromatic rings. The first-order valence-corrected chi connectivity index (χ1v) is 8.52. The van der Waals surface area contributed by atoms with E-state index in [2.05, 4.69) is 35.3 Å². The van der Waals surface area contributed by atoms with Crippen molar-refractivity contribution in [3.63, 3.8) is 0 Å². The molecule has 0 bridgehead atoms. The van der Waals surface area contributed by atoms with Crippen LogP contribution in [0.1, 0.15) is 51.9 Å². The maximum Gasteiger partial charge on any atom is 0.160 e. The van der Waals surface area contributed by atoms with Gasteiger partial charge in [-0.2, -0.15) is 0 Å². The van der Waals surface area contributed by atoms with Gasteiger partial charge in [0.15, 0.2) is 5.65 Å². The van der Waals surface area contributed by atoms with Crippen molar-refractivity contribution in [3.05, 3.63) is 23.1 Å². The van der Waals surface area contributed by atoms with Gasteiger partial charge in [0.25, 0.3) is 0 Å². The minimum atomic E-state index is 0.376. The lowest BCUT2D eigenvalue weighted by atomic mass is 10.0. The quantitative estimate of drug-likeness (QED) is 0.650. The Kier molecular flexibility index (Phi) is 5.88. The van der Waals surface area contributed by atoms with E-state index in [-0.39, 0.29) is 0 Å². The number of aryl methyl sites for hydroxylation is 1. The average molecular weight is 328 g/mol. The average Bonchev–Trinajstić information content (AvgIpc) is 2.75. The van der Waals surface area contributed by atoms with E-state index in [0.29, 0.717) is 16.9 Å². The third-order valence-corrected chi connectivity index (χ3v) is 4.13. The third kappa shape index (κ3) is 4.10. The molecule has 2 aromatic heterocycles. The Bertz CT molecular complexity index is 592. The number of hydrogen-bond donors (Lipinski definition) is 0. The van der Waals surface area contributed by atoms with E-state index in [1.54, 1.807) is 6.20 Å². The molecule has 116 valence electrons. The Hall–Kier alpha value is -0.800. The second-order valence-corrected chi connectivity index (χ2v) is 6.82. The van der Waals surface area contributed by atoms with Crippen LogP contribution in [0, 0.1) is 5.92 Å². The summed E-state index contributed by atoms with van der Waals surface area (Å²) in [6, 6.07) is 2.25. The van der Waals surface area contributed by atoms with E-state index in [1.807, 2.05) is 6.07 Å². The van der Waals surface area contributed by atoms with Crippen molar-refractivity contribution < 1.29 is 0 Å². The Balaban J connectivity index is 2.28. The van der Waals surface area contributed by atoms with Crippen molar-refractivity contribution in [1.82, 2.24) is 14.5 Å². The van der Waals surface area contributed by atoms with Crippen LogP contribution in [0.15, 0.2) is 12.3 Å². The zero-order valence-electron chi connectivity index (χ0n) is 12.9. The second-order valence-electron chi connectivity index (χ2n) is 6.01. The number of rotatable bonds is 7. The predicted octanol–water partition coefficient (Wildman–Crippen LogP) is 5.25. The number of hydrogen-bond acceptors (Lipinski definition) is 2. The van der Waals surface area contributed by atoms with Crippen molar-refractivity contribution in [3.8, 4) is 0 Å². The van der Waals surface area contributed by atoms with E-state index in [4.69, 9.17) is 23.2 Å². The van der Waals surface area contributed by atoms with Gasteiger partial charge in [-0.05, 0) is 25.3 Å². The van der Waals surface area contributed by atoms with Gasteiger partial charge in [0.2, 0.25) is 0 Å². The normalized spacial score (nSPS) is 13.2. The molecule has 0 N–H and O–H groups in total. The summed E-state index contributed by atoms with van der Waals surface area (Å²) in [7, 11) is 0. The summed E-state index contributed by atoms with van der Waals surface area (Å²) < 4.78 is 2.23. The van der Waals surface area contributed by atoms with Crippen LogP contribution < -0.4 is 0 Å². The molecule has 0 fully saturated rings. The van der Waals surface area contributed by atoms with Crippen LogP contribution >= 0.6 is 23.2 Å². The van der Waals surface area contributed by atoms with E-state index >= 15 is 0 Å². The zero-order chi connectivity index (χ0) is 15.4. The summed E-state index contributed by atoms with van der Waals surface area (Å²) in [6.07, 6.45) is 6.04. The highest BCUT2D eigenvalue weighted by Gasteiger charge is 2.17. The number of nitrogens with zero attached hydrogens (tertiary/aromatic N) is 3. The summed E-state index contributed by atoms with van der Waals surface area (Å²) in [5.41, 5.74) is 1.77. The van der Waals surface area contributed by atoms with Crippen LogP contribution in [-0.2, 0) is 6.42 Å². The predicted molar refractivity (Wildman–Crippen MR) is 90.4 cm³/mol. The summed E-state index contributed by atoms with van der Waals surface area (Å²) in [6.45, 7) is 6.76. The maximum atomic E-state index is 6.02. The summed E-state index contributed by atoms with van der Waals surface area (Å²) in [5, 5.41) is 0.622. The minimum Gasteiger partial charge on any atom is -0.310 e. The molecule has 0 spiro atoms. The molecule has 1 unspecified atom stereocenters. The topological polar surface area (TPSA) is 30.7 Å². The molecular weight excluding hydrogens is 305 g/mol. The Labute approximate surface area is 136 Å². The first-order valence-electron chi connectivity index (χ1n) is 7.61. The highest BCUT2D eigenvalue weighted by Crippen LogP contribution is 2.26. The van der Waals surface area contributed by atoms with Crippen molar-refractivity contribution in [2.75, 3.05) is 5.88 Å². The number of alkyl halides is 1. The standard InChI is InChI=1S/C16H23Cl2N3/c1-11(2)5-4-6-12(3)21-15(7-8-17)20-14-9-13(18)10-19-16(14)21/h9-12H,4-8H2,1-3H3. The SMILES string of the molecule is CC(C)CCCC(C)n1c(CCCl)nc2cc(Cl)cnc21. The molecule has 0 saturated heterocycles. The van der Waals surface area contributed by atoms with E-state index in [9.17, 15) is 0 Å². The highest BCUT2D eigenvalue weighted by molar-refractivity contribution is 6.31. The van der Waals surface area contributed by atoms with Gasteiger partial charge in [-0.3, -0.25) is 0 Å². The molecule has 0 aliphatic carbocycles. The maximum absolute atomic E-state index is 6.02. The fourth-order valence-corrected chi connectivity index (χ4v) is 3.00. The molecule has 2 heterocycles. The second kappa shape index (κ2) is 7.46. The highest BCUT2D eigenvalue weighted by atomic mass is 35.5. The molecule has 0 saturated carbocycles. The third-order valence-electron chi connectivity index (χ3n) is 3.73. The first-order chi connectivity index (χ1) is 10.0. The van der Waals surface area contributed by atoms with Crippen LogP contribution in [0.2, 0.25) is 5.02 Å². The molecular formula is C16H23Cl2N3. The van der Waals surface area contributed by atoms with Gasteiger partial charge in [0, 0.05) is 24.5 Å². The fourth-order valence-electron chi connectivity index (χ4n) is 2.68. The summed E-state index contributed by atoms with van der Waals surface area (Å²) in [4.78, 5) is 9.13. The molecule has 21 heavy (non-hydrogen) atoms. The van der Waals surface area contributed by atoms with Gasteiger partial charge >= 0.3 is 0 Å². The lowest BCUT2D eigenvalue weighted by Crippen LogP contribution is -2.11. The van der Waals surface area contributed by atoms with E-state index in [1.165, 1.54) is 12.8 Å². The Morgan fingerprint density at radius 3 is 2.67 bits per heavy atom. The monoisotopic (exact) mass is 327 g/mol. The van der Waals surface area contributed by atoms with Gasteiger partial charge in [0.1, 0.15) is 11.3 Å². The zero-order valence-corrected chi connectivity index (χ0v) is 14.5. The van der Waals surface area contributed by atoms with Crippen LogP contribution in [0.5, 0.6) is 0 Å². The molecule has 0 amide bonds. The van der Waals surface area contributed by atoms with E-state index < -0.39 is 0 Å². The van der Waals surface area contributed by atoms with Gasteiger partial charge in [-0.25, -0.2) is 9.97 Å². The number of pyridine rings is 1. The lowest BCUT2D eigenvalue weighted by molar-refractivity contribution is 0.444. The lowest BCUT2D eigenvalue weighted by Gasteiger charge is -2.17. The molecule has 0 radical (unpaired) electrons. The Morgan fingerprint density at radius 1 is 1.24 bits per heavy atom. The van der Waals surface area contributed by atoms with Crippen molar-refractivity contribution in [2.24, 2.45) is 5.92 Å². The number of aromatic nitrogens is 3. The Morgan fingerprint density at radius 2 is 2.00 bits per heavy atom. The minimum absolute atomic E-state index is 0.376. The van der Waals surface area contributed by atoms with Gasteiger partial charge in [-0.1, -0.05) is 38.3 Å². The smallest absolute Gasteiger partial charge is 0.160 e. The molecule has 5 heteroatoms. The van der Waals surface area contributed by atoms with Crippen molar-refractivity contribution in [1.29, 1.82) is 0 Å². The van der Waals surface area contributed by atoms with Gasteiger partial charge < -0.3 is 4.57 Å². The van der Waals surface area contributed by atoms with Crippen LogP contribution in [0.25, 0.3) is 11.2 Å². The first kappa shape index (κ1) is 16.6. The van der Waals surface area contributed by atoms with Crippen molar-refractivity contribution in [2.45, 2.75) is 52.5 Å².